The molecule has 0 radical (unpaired) electrons. The third-order valence-corrected chi connectivity index (χ3v) is 9.38. The number of carboxylic acids is 1. The van der Waals surface area contributed by atoms with Gasteiger partial charge in [0.2, 0.25) is 0 Å². The van der Waals surface area contributed by atoms with Crippen molar-refractivity contribution in [1.82, 2.24) is 25.1 Å². The van der Waals surface area contributed by atoms with Crippen molar-refractivity contribution in [2.75, 3.05) is 44.5 Å². The third-order valence-electron chi connectivity index (χ3n) is 7.23. The molecule has 0 spiro atoms. The van der Waals surface area contributed by atoms with Crippen LogP contribution in [0.2, 0.25) is 0 Å². The number of benzene rings is 2. The lowest BCUT2D eigenvalue weighted by molar-refractivity contribution is 0.0690. The number of halogens is 1. The van der Waals surface area contributed by atoms with Crippen LogP contribution in [0.25, 0.3) is 10.2 Å². The number of hydrogen-bond acceptors (Lipinski definition) is 11. The van der Waals surface area contributed by atoms with Gasteiger partial charge in [-0.2, -0.15) is 0 Å². The molecule has 0 unspecified atom stereocenters. The number of hydrogen-bond donors (Lipinski definition) is 2. The number of aryl methyl sites for hydroxylation is 1. The van der Waals surface area contributed by atoms with Crippen LogP contribution in [0.1, 0.15) is 51.7 Å². The number of rotatable bonds is 12. The van der Waals surface area contributed by atoms with E-state index in [1.165, 1.54) is 17.4 Å². The van der Waals surface area contributed by atoms with E-state index in [1.54, 1.807) is 35.4 Å². The molecule has 236 valence electrons. The molecule has 6 rings (SSSR count). The number of nitrogens with zero attached hydrogens (tertiary/aromatic N) is 6. The van der Waals surface area contributed by atoms with Crippen LogP contribution in [-0.4, -0.2) is 70.4 Å². The normalized spacial score (nSPS) is 12.6. The molecule has 3 heterocycles. The Labute approximate surface area is 273 Å². The van der Waals surface area contributed by atoms with Gasteiger partial charge in [0.1, 0.15) is 0 Å². The van der Waals surface area contributed by atoms with Gasteiger partial charge in [-0.15, -0.1) is 21.5 Å². The number of thiazole rings is 2. The Bertz CT molecular complexity index is 1910. The van der Waals surface area contributed by atoms with E-state index in [-0.39, 0.29) is 18.1 Å². The van der Waals surface area contributed by atoms with Crippen molar-refractivity contribution in [2.45, 2.75) is 31.6 Å². The van der Waals surface area contributed by atoms with Crippen molar-refractivity contribution in [3.8, 4) is 17.6 Å². The van der Waals surface area contributed by atoms with E-state index in [2.05, 4.69) is 37.3 Å². The minimum absolute atomic E-state index is 0.0109. The predicted molar refractivity (Wildman–Crippen MR) is 180 cm³/mol. The number of carbonyl (C=O) groups is 1. The molecule has 1 saturated carbocycles. The van der Waals surface area contributed by atoms with Crippen molar-refractivity contribution in [3.05, 3.63) is 76.0 Å². The number of para-hydroxylation sites is 1. The average molecular weight is 658 g/mol. The Morgan fingerprint density at radius 1 is 1.11 bits per heavy atom. The van der Waals surface area contributed by atoms with E-state index in [4.69, 9.17) is 4.74 Å². The highest BCUT2D eigenvalue weighted by Crippen LogP contribution is 2.45. The zero-order valence-electron chi connectivity index (χ0n) is 25.6. The van der Waals surface area contributed by atoms with E-state index < -0.39 is 11.8 Å². The summed E-state index contributed by atoms with van der Waals surface area (Å²) in [7, 11) is 5.63. The quantitative estimate of drug-likeness (QED) is 0.111. The van der Waals surface area contributed by atoms with Gasteiger partial charge in [0.25, 0.3) is 0 Å². The molecule has 13 heteroatoms. The van der Waals surface area contributed by atoms with E-state index in [1.807, 2.05) is 49.3 Å². The monoisotopic (exact) mass is 657 g/mol. The van der Waals surface area contributed by atoms with Crippen LogP contribution in [0, 0.1) is 17.7 Å². The summed E-state index contributed by atoms with van der Waals surface area (Å²) >= 11 is 2.85. The van der Waals surface area contributed by atoms with Gasteiger partial charge in [-0.05, 0) is 82.1 Å². The van der Waals surface area contributed by atoms with Crippen LogP contribution in [-0.2, 0) is 6.42 Å². The molecular formula is C33H32FN7O3S2. The first-order chi connectivity index (χ1) is 22.2. The maximum atomic E-state index is 14.6. The Morgan fingerprint density at radius 3 is 2.67 bits per heavy atom. The van der Waals surface area contributed by atoms with E-state index in [0.717, 1.165) is 33.8 Å². The summed E-state index contributed by atoms with van der Waals surface area (Å²) < 4.78 is 21.3. The standard InChI is InChI=1S/C33H32FN7O3S2/c1-40(2)16-6-8-20-12-15-25(23(34)18-20)44-17-7-11-27-29(31(42)43)36-33(46-27)41(3)28-19-22(21-13-14-21)30(39-38-28)37-32-35-24-9-4-5-10-26(24)45-32/h4-5,9-10,12,15,18-19,21H,7,11,13-14,16-17H2,1-3H3,(H,42,43)(H,35,37,39). The van der Waals surface area contributed by atoms with Crippen LogP contribution in [0.15, 0.2) is 48.5 Å². The van der Waals surface area contributed by atoms with Crippen LogP contribution in [0.4, 0.5) is 26.3 Å². The summed E-state index contributed by atoms with van der Waals surface area (Å²) in [4.78, 5) is 25.4. The molecule has 2 aromatic carbocycles. The zero-order chi connectivity index (χ0) is 32.2. The fraction of sp³-hybridized carbons (Fsp3) is 0.303. The molecule has 0 saturated heterocycles. The van der Waals surface area contributed by atoms with Gasteiger partial charge in [-0.25, -0.2) is 19.2 Å². The van der Waals surface area contributed by atoms with Gasteiger partial charge in [0.15, 0.2) is 39.2 Å². The zero-order valence-corrected chi connectivity index (χ0v) is 27.2. The van der Waals surface area contributed by atoms with Crippen LogP contribution in [0.3, 0.4) is 0 Å². The number of nitrogens with one attached hydrogen (secondary N) is 1. The Hall–Kier alpha value is -4.64. The lowest BCUT2D eigenvalue weighted by atomic mass is 10.2. The lowest BCUT2D eigenvalue weighted by Gasteiger charge is -2.16. The molecule has 1 aliphatic rings. The summed E-state index contributed by atoms with van der Waals surface area (Å²) in [5.74, 6) is 6.07. The third kappa shape index (κ3) is 7.42. The SMILES string of the molecule is CN(C)CC#Cc1ccc(OCCCc2sc(N(C)c3cc(C4CC4)c(Nc4nc5ccccc5s4)nn3)nc2C(=O)O)c(F)c1. The van der Waals surface area contributed by atoms with Crippen LogP contribution in [0.5, 0.6) is 5.75 Å². The first-order valence-electron chi connectivity index (χ1n) is 14.8. The smallest absolute Gasteiger partial charge is 0.355 e. The average Bonchev–Trinajstić information content (AvgIpc) is 3.65. The fourth-order valence-corrected chi connectivity index (χ4v) is 6.65. The second kappa shape index (κ2) is 13.8. The summed E-state index contributed by atoms with van der Waals surface area (Å²) in [6.45, 7) is 0.793. The summed E-state index contributed by atoms with van der Waals surface area (Å²) in [6, 6.07) is 14.6. The van der Waals surface area contributed by atoms with Crippen molar-refractivity contribution in [1.29, 1.82) is 0 Å². The highest BCUT2D eigenvalue weighted by molar-refractivity contribution is 7.22. The maximum Gasteiger partial charge on any atom is 0.355 e. The summed E-state index contributed by atoms with van der Waals surface area (Å²) in [5, 5.41) is 23.4. The Kier molecular flexibility index (Phi) is 9.39. The van der Waals surface area contributed by atoms with E-state index >= 15 is 0 Å². The molecule has 0 bridgehead atoms. The van der Waals surface area contributed by atoms with Gasteiger partial charge in [0, 0.05) is 23.1 Å². The van der Waals surface area contributed by atoms with E-state index in [9.17, 15) is 14.3 Å². The molecule has 0 aliphatic heterocycles. The number of carboxylic acid groups (broad SMARTS) is 1. The molecule has 46 heavy (non-hydrogen) atoms. The second-order valence-electron chi connectivity index (χ2n) is 11.2. The number of aromatic nitrogens is 4. The van der Waals surface area contributed by atoms with Crippen molar-refractivity contribution >= 4 is 60.8 Å². The van der Waals surface area contributed by atoms with Gasteiger partial charge < -0.3 is 20.1 Å². The summed E-state index contributed by atoms with van der Waals surface area (Å²) in [5.41, 5.74) is 2.54. The van der Waals surface area contributed by atoms with Gasteiger partial charge >= 0.3 is 5.97 Å². The molecule has 3 aromatic heterocycles. The number of ether oxygens (including phenoxy) is 1. The minimum Gasteiger partial charge on any atom is -0.491 e. The molecule has 1 aliphatic carbocycles. The summed E-state index contributed by atoms with van der Waals surface area (Å²) in [6.07, 6.45) is 3.02. The fourth-order valence-electron chi connectivity index (χ4n) is 4.72. The number of fused-ring (bicyclic) bond motifs is 1. The molecule has 10 nitrogen and oxygen atoms in total. The predicted octanol–water partition coefficient (Wildman–Crippen LogP) is 6.69. The topological polar surface area (TPSA) is 117 Å². The molecule has 2 N–H and O–H groups in total. The van der Waals surface area contributed by atoms with Crippen molar-refractivity contribution in [2.24, 2.45) is 0 Å². The Balaban J connectivity index is 1.11. The number of aromatic carboxylic acids is 1. The first-order valence-corrected chi connectivity index (χ1v) is 16.4. The van der Waals surface area contributed by atoms with E-state index in [0.29, 0.717) is 52.5 Å². The second-order valence-corrected chi connectivity index (χ2v) is 13.3. The van der Waals surface area contributed by atoms with Crippen LogP contribution < -0.4 is 15.0 Å². The molecule has 1 fully saturated rings. The molecule has 0 atom stereocenters. The van der Waals surface area contributed by atoms with Crippen molar-refractivity contribution < 1.29 is 19.0 Å². The van der Waals surface area contributed by atoms with Crippen molar-refractivity contribution in [3.63, 3.8) is 0 Å². The van der Waals surface area contributed by atoms with Gasteiger partial charge in [-0.3, -0.25) is 4.90 Å². The highest BCUT2D eigenvalue weighted by atomic mass is 32.1. The molecule has 0 amide bonds. The van der Waals surface area contributed by atoms with Gasteiger partial charge in [0.05, 0.1) is 23.4 Å². The number of anilines is 4. The molecule has 5 aromatic rings. The first kappa shape index (κ1) is 31.3. The maximum absolute atomic E-state index is 14.6. The minimum atomic E-state index is -1.11. The highest BCUT2D eigenvalue weighted by Gasteiger charge is 2.29. The largest absolute Gasteiger partial charge is 0.491 e. The van der Waals surface area contributed by atoms with Gasteiger partial charge in [-0.1, -0.05) is 35.3 Å². The lowest BCUT2D eigenvalue weighted by Crippen LogP contribution is -2.13. The Morgan fingerprint density at radius 2 is 1.93 bits per heavy atom. The molecular weight excluding hydrogens is 626 g/mol. The van der Waals surface area contributed by atoms with Crippen LogP contribution >= 0.6 is 22.7 Å².